The number of amides is 1. The van der Waals surface area contributed by atoms with E-state index in [4.69, 9.17) is 5.11 Å². The molecule has 0 spiro atoms. The zero-order valence-corrected chi connectivity index (χ0v) is 12.1. The summed E-state index contributed by atoms with van der Waals surface area (Å²) in [6.45, 7) is 1.23. The molecule has 0 aliphatic heterocycles. The van der Waals surface area contributed by atoms with Gasteiger partial charge in [-0.2, -0.15) is 0 Å². The zero-order chi connectivity index (χ0) is 15.3. The van der Waals surface area contributed by atoms with Crippen molar-refractivity contribution in [2.24, 2.45) is 0 Å². The van der Waals surface area contributed by atoms with Crippen molar-refractivity contribution in [2.45, 2.75) is 24.6 Å². The molecule has 110 valence electrons. The molecule has 0 bridgehead atoms. The molecule has 0 fully saturated rings. The monoisotopic (exact) mass is 299 g/mol. The van der Waals surface area contributed by atoms with Crippen molar-refractivity contribution in [2.75, 3.05) is 6.26 Å². The maximum absolute atomic E-state index is 11.7. The van der Waals surface area contributed by atoms with Gasteiger partial charge in [0.1, 0.15) is 11.3 Å². The van der Waals surface area contributed by atoms with Crippen LogP contribution in [0.2, 0.25) is 0 Å². The summed E-state index contributed by atoms with van der Waals surface area (Å²) in [7, 11) is -3.55. The number of carboxylic acids is 1. The number of nitrogens with one attached hydrogen (secondary N) is 1. The van der Waals surface area contributed by atoms with Crippen LogP contribution in [-0.2, 0) is 25.8 Å². The Morgan fingerprint density at radius 2 is 1.80 bits per heavy atom. The summed E-state index contributed by atoms with van der Waals surface area (Å²) in [5.74, 6) is -2.02. The van der Waals surface area contributed by atoms with Crippen molar-refractivity contribution in [3.8, 4) is 0 Å². The third kappa shape index (κ3) is 4.65. The van der Waals surface area contributed by atoms with Crippen molar-refractivity contribution in [1.29, 1.82) is 0 Å². The largest absolute Gasteiger partial charge is 0.480 e. The van der Waals surface area contributed by atoms with Crippen LogP contribution in [0.1, 0.15) is 12.5 Å². The number of sulfone groups is 1. The Labute approximate surface area is 117 Å². The molecule has 0 aliphatic rings. The van der Waals surface area contributed by atoms with Crippen LogP contribution in [-0.4, -0.2) is 42.9 Å². The first-order chi connectivity index (χ1) is 9.21. The Hall–Kier alpha value is -1.89. The molecule has 0 heterocycles. The Kier molecular flexibility index (Phi) is 5.26. The van der Waals surface area contributed by atoms with E-state index in [1.807, 2.05) is 0 Å². The highest BCUT2D eigenvalue weighted by Crippen LogP contribution is 2.05. The molecule has 0 aromatic heterocycles. The van der Waals surface area contributed by atoms with Gasteiger partial charge in [-0.3, -0.25) is 4.79 Å². The van der Waals surface area contributed by atoms with Crippen LogP contribution in [0.15, 0.2) is 30.3 Å². The van der Waals surface area contributed by atoms with Crippen molar-refractivity contribution >= 4 is 21.7 Å². The van der Waals surface area contributed by atoms with Gasteiger partial charge in [0.25, 0.3) is 0 Å². The molecule has 1 aromatic rings. The van der Waals surface area contributed by atoms with Crippen LogP contribution in [0.3, 0.4) is 0 Å². The molecule has 2 atom stereocenters. The molecular weight excluding hydrogens is 282 g/mol. The fourth-order valence-corrected chi connectivity index (χ4v) is 1.99. The molecule has 0 saturated carbocycles. The summed E-state index contributed by atoms with van der Waals surface area (Å²) in [5, 5.41) is 10.1. The van der Waals surface area contributed by atoms with Crippen molar-refractivity contribution in [3.05, 3.63) is 35.9 Å². The van der Waals surface area contributed by atoms with E-state index in [-0.39, 0.29) is 6.42 Å². The maximum Gasteiger partial charge on any atom is 0.326 e. The summed E-state index contributed by atoms with van der Waals surface area (Å²) in [6.07, 6.45) is 1.03. The van der Waals surface area contributed by atoms with E-state index >= 15 is 0 Å². The first-order valence-corrected chi connectivity index (χ1v) is 7.93. The summed E-state index contributed by atoms with van der Waals surface area (Å²) in [5.41, 5.74) is 0.743. The minimum absolute atomic E-state index is 0.0956. The van der Waals surface area contributed by atoms with Crippen LogP contribution in [0.4, 0.5) is 0 Å². The number of hydrogen-bond donors (Lipinski definition) is 2. The molecular formula is C13H17NO5S. The van der Waals surface area contributed by atoms with Crippen molar-refractivity contribution in [1.82, 2.24) is 5.32 Å². The van der Waals surface area contributed by atoms with E-state index in [0.29, 0.717) is 0 Å². The van der Waals surface area contributed by atoms with Crippen LogP contribution >= 0.6 is 0 Å². The molecule has 0 aliphatic carbocycles. The Balaban J connectivity index is 2.79. The average Bonchev–Trinajstić information content (AvgIpc) is 2.37. The van der Waals surface area contributed by atoms with Crippen molar-refractivity contribution < 1.29 is 23.1 Å². The van der Waals surface area contributed by atoms with Gasteiger partial charge < -0.3 is 10.4 Å². The summed E-state index contributed by atoms with van der Waals surface area (Å²) in [4.78, 5) is 22.9. The number of benzene rings is 1. The Morgan fingerprint density at radius 1 is 1.25 bits per heavy atom. The maximum atomic E-state index is 11.7. The highest BCUT2D eigenvalue weighted by atomic mass is 32.2. The van der Waals surface area contributed by atoms with Gasteiger partial charge in [-0.25, -0.2) is 13.2 Å². The van der Waals surface area contributed by atoms with Crippen LogP contribution < -0.4 is 5.32 Å². The van der Waals surface area contributed by atoms with Gasteiger partial charge in [0.05, 0.1) is 0 Å². The lowest BCUT2D eigenvalue weighted by Gasteiger charge is -2.17. The van der Waals surface area contributed by atoms with Crippen LogP contribution in [0.5, 0.6) is 0 Å². The lowest BCUT2D eigenvalue weighted by atomic mass is 10.1. The van der Waals surface area contributed by atoms with Gasteiger partial charge in [-0.1, -0.05) is 30.3 Å². The number of hydrogen-bond acceptors (Lipinski definition) is 4. The predicted molar refractivity (Wildman–Crippen MR) is 74.0 cm³/mol. The number of aliphatic carboxylic acids is 1. The number of carbonyl (C=O) groups excluding carboxylic acids is 1. The zero-order valence-electron chi connectivity index (χ0n) is 11.2. The number of carbonyl (C=O) groups is 2. The second-order valence-electron chi connectivity index (χ2n) is 4.56. The molecule has 1 amide bonds. The molecule has 1 unspecified atom stereocenters. The van der Waals surface area contributed by atoms with E-state index < -0.39 is 33.0 Å². The second-order valence-corrected chi connectivity index (χ2v) is 6.93. The van der Waals surface area contributed by atoms with E-state index in [9.17, 15) is 18.0 Å². The molecule has 1 aromatic carbocycles. The number of rotatable bonds is 6. The minimum atomic E-state index is -3.55. The topological polar surface area (TPSA) is 101 Å². The quantitative estimate of drug-likeness (QED) is 0.783. The minimum Gasteiger partial charge on any atom is -0.480 e. The highest BCUT2D eigenvalue weighted by molar-refractivity contribution is 7.92. The van der Waals surface area contributed by atoms with Gasteiger partial charge >= 0.3 is 5.97 Å². The summed E-state index contributed by atoms with van der Waals surface area (Å²) in [6, 6.07) is 7.63. The highest BCUT2D eigenvalue weighted by Gasteiger charge is 2.28. The summed E-state index contributed by atoms with van der Waals surface area (Å²) < 4.78 is 22.5. The normalized spacial score (nSPS) is 14.3. The SMILES string of the molecule is CC(C(=O)N[C@@H](Cc1ccccc1)C(=O)O)S(C)(=O)=O. The standard InChI is InChI=1S/C13H17NO5S/c1-9(20(2,18)19)12(15)14-11(13(16)17)8-10-6-4-3-5-7-10/h3-7,9,11H,8H2,1-2H3,(H,14,15)(H,16,17)/t9?,11-/m0/s1. The molecule has 6 nitrogen and oxygen atoms in total. The fourth-order valence-electron chi connectivity index (χ4n) is 1.53. The second kappa shape index (κ2) is 6.51. The fraction of sp³-hybridized carbons (Fsp3) is 0.385. The van der Waals surface area contributed by atoms with E-state index in [2.05, 4.69) is 5.32 Å². The molecule has 20 heavy (non-hydrogen) atoms. The average molecular weight is 299 g/mol. The van der Waals surface area contributed by atoms with Crippen LogP contribution in [0.25, 0.3) is 0 Å². The van der Waals surface area contributed by atoms with Gasteiger partial charge in [-0.05, 0) is 12.5 Å². The third-order valence-corrected chi connectivity index (χ3v) is 4.41. The molecule has 0 radical (unpaired) electrons. The molecule has 1 rings (SSSR count). The first-order valence-electron chi connectivity index (χ1n) is 5.97. The Morgan fingerprint density at radius 3 is 2.25 bits per heavy atom. The van der Waals surface area contributed by atoms with E-state index in [1.165, 1.54) is 6.92 Å². The Bertz CT molecular complexity index is 582. The number of carboxylic acid groups (broad SMARTS) is 1. The summed E-state index contributed by atoms with van der Waals surface area (Å²) >= 11 is 0. The smallest absolute Gasteiger partial charge is 0.326 e. The van der Waals surface area contributed by atoms with Gasteiger partial charge in [0.15, 0.2) is 9.84 Å². The molecule has 2 N–H and O–H groups in total. The first kappa shape index (κ1) is 16.2. The van der Waals surface area contributed by atoms with E-state index in [0.717, 1.165) is 11.8 Å². The van der Waals surface area contributed by atoms with Gasteiger partial charge in [0.2, 0.25) is 5.91 Å². The van der Waals surface area contributed by atoms with Crippen LogP contribution in [0, 0.1) is 0 Å². The third-order valence-electron chi connectivity index (χ3n) is 2.91. The molecule has 0 saturated heterocycles. The predicted octanol–water partition coefficient (Wildman–Crippen LogP) is 0.232. The lowest BCUT2D eigenvalue weighted by molar-refractivity contribution is -0.141. The molecule has 7 heteroatoms. The van der Waals surface area contributed by atoms with Crippen molar-refractivity contribution in [3.63, 3.8) is 0 Å². The lowest BCUT2D eigenvalue weighted by Crippen LogP contribution is -2.47. The van der Waals surface area contributed by atoms with E-state index in [1.54, 1.807) is 30.3 Å². The van der Waals surface area contributed by atoms with Gasteiger partial charge in [0, 0.05) is 12.7 Å². The van der Waals surface area contributed by atoms with Gasteiger partial charge in [-0.15, -0.1) is 0 Å².